The fraction of sp³-hybridized carbons (Fsp3) is 0.529. The minimum absolute atomic E-state index is 0.521. The second kappa shape index (κ2) is 7.36. The molecule has 0 fully saturated rings. The first-order valence-corrected chi connectivity index (χ1v) is 7.65. The molecule has 0 atom stereocenters. The lowest BCUT2D eigenvalue weighted by Gasteiger charge is -2.05. The number of benzene rings is 1. The zero-order chi connectivity index (χ0) is 15.2. The predicted octanol–water partition coefficient (Wildman–Crippen LogP) is 3.21. The average molecular weight is 287 g/mol. The van der Waals surface area contributed by atoms with Crippen LogP contribution in [0.25, 0.3) is 0 Å². The molecule has 0 aliphatic carbocycles. The molecule has 1 heterocycles. The summed E-state index contributed by atoms with van der Waals surface area (Å²) in [4.78, 5) is 4.48. The number of aromatic nitrogens is 2. The summed E-state index contributed by atoms with van der Waals surface area (Å²) in [5.41, 5.74) is 3.78. The first-order chi connectivity index (χ1) is 10.0. The SMILES string of the molecule is Cc1cc(C)cc(Cc2noc(CCCNC(C)C)n2)c1. The van der Waals surface area contributed by atoms with Crippen LogP contribution in [0.2, 0.25) is 0 Å². The molecule has 0 aliphatic heterocycles. The summed E-state index contributed by atoms with van der Waals surface area (Å²) in [5.74, 6) is 1.51. The van der Waals surface area contributed by atoms with E-state index < -0.39 is 0 Å². The van der Waals surface area contributed by atoms with Crippen molar-refractivity contribution in [1.29, 1.82) is 0 Å². The maximum atomic E-state index is 5.32. The number of hydrogen-bond donors (Lipinski definition) is 1. The van der Waals surface area contributed by atoms with Gasteiger partial charge in [0.2, 0.25) is 5.89 Å². The number of nitrogens with zero attached hydrogens (tertiary/aromatic N) is 2. The van der Waals surface area contributed by atoms with E-state index in [1.54, 1.807) is 0 Å². The standard InChI is InChI=1S/C17H25N3O/c1-12(2)18-7-5-6-17-19-16(20-21-17)11-15-9-13(3)8-14(4)10-15/h8-10,12,18H,5-7,11H2,1-4H3. The van der Waals surface area contributed by atoms with Crippen LogP contribution in [0.1, 0.15) is 48.7 Å². The molecule has 21 heavy (non-hydrogen) atoms. The van der Waals surface area contributed by atoms with Gasteiger partial charge in [-0.3, -0.25) is 0 Å². The fourth-order valence-corrected chi connectivity index (χ4v) is 2.45. The van der Waals surface area contributed by atoms with Gasteiger partial charge in [-0.15, -0.1) is 0 Å². The summed E-state index contributed by atoms with van der Waals surface area (Å²) in [6, 6.07) is 7.05. The molecule has 0 bridgehead atoms. The van der Waals surface area contributed by atoms with E-state index in [-0.39, 0.29) is 0 Å². The molecule has 0 amide bonds. The van der Waals surface area contributed by atoms with Gasteiger partial charge in [-0.25, -0.2) is 0 Å². The highest BCUT2D eigenvalue weighted by atomic mass is 16.5. The van der Waals surface area contributed by atoms with Gasteiger partial charge in [0.05, 0.1) is 0 Å². The van der Waals surface area contributed by atoms with Crippen LogP contribution in [0.15, 0.2) is 22.7 Å². The molecule has 4 heteroatoms. The molecule has 0 unspecified atom stereocenters. The van der Waals surface area contributed by atoms with Crippen LogP contribution in [-0.4, -0.2) is 22.7 Å². The number of aryl methyl sites for hydroxylation is 3. The highest BCUT2D eigenvalue weighted by molar-refractivity contribution is 5.30. The molecule has 2 aromatic rings. The normalized spacial score (nSPS) is 11.3. The quantitative estimate of drug-likeness (QED) is 0.794. The molecule has 0 saturated heterocycles. The highest BCUT2D eigenvalue weighted by Crippen LogP contribution is 2.12. The van der Waals surface area contributed by atoms with Gasteiger partial charge in [-0.05, 0) is 32.4 Å². The number of rotatable bonds is 7. The third-order valence-electron chi connectivity index (χ3n) is 3.27. The Morgan fingerprint density at radius 2 is 1.86 bits per heavy atom. The average Bonchev–Trinajstić information content (AvgIpc) is 2.81. The van der Waals surface area contributed by atoms with Crippen LogP contribution in [0.3, 0.4) is 0 Å². The Labute approximate surface area is 127 Å². The molecular formula is C17H25N3O. The molecule has 0 saturated carbocycles. The zero-order valence-electron chi connectivity index (χ0n) is 13.4. The highest BCUT2D eigenvalue weighted by Gasteiger charge is 2.07. The van der Waals surface area contributed by atoms with Gasteiger partial charge in [0.15, 0.2) is 5.82 Å². The van der Waals surface area contributed by atoms with Crippen molar-refractivity contribution < 1.29 is 4.52 Å². The number of hydrogen-bond acceptors (Lipinski definition) is 4. The van der Waals surface area contributed by atoms with E-state index in [0.29, 0.717) is 6.04 Å². The number of nitrogens with one attached hydrogen (secondary N) is 1. The van der Waals surface area contributed by atoms with Crippen molar-refractivity contribution in [3.8, 4) is 0 Å². The molecule has 1 aromatic carbocycles. The summed E-state index contributed by atoms with van der Waals surface area (Å²) in [6.07, 6.45) is 2.58. The maximum Gasteiger partial charge on any atom is 0.226 e. The monoisotopic (exact) mass is 287 g/mol. The summed E-state index contributed by atoms with van der Waals surface area (Å²) in [6.45, 7) is 9.50. The Bertz CT molecular complexity index is 555. The van der Waals surface area contributed by atoms with E-state index in [2.05, 4.69) is 61.4 Å². The van der Waals surface area contributed by atoms with Crippen molar-refractivity contribution in [2.24, 2.45) is 0 Å². The van der Waals surface area contributed by atoms with Gasteiger partial charge in [0.25, 0.3) is 0 Å². The molecule has 2 rings (SSSR count). The molecular weight excluding hydrogens is 262 g/mol. The van der Waals surface area contributed by atoms with Gasteiger partial charge in [-0.1, -0.05) is 48.3 Å². The van der Waals surface area contributed by atoms with E-state index in [1.165, 1.54) is 16.7 Å². The van der Waals surface area contributed by atoms with Crippen LogP contribution in [0.5, 0.6) is 0 Å². The van der Waals surface area contributed by atoms with E-state index in [0.717, 1.165) is 37.5 Å². The van der Waals surface area contributed by atoms with Crippen molar-refractivity contribution in [2.75, 3.05) is 6.54 Å². The maximum absolute atomic E-state index is 5.32. The molecule has 4 nitrogen and oxygen atoms in total. The lowest BCUT2D eigenvalue weighted by atomic mass is 10.1. The lowest BCUT2D eigenvalue weighted by molar-refractivity contribution is 0.369. The van der Waals surface area contributed by atoms with Crippen molar-refractivity contribution in [1.82, 2.24) is 15.5 Å². The molecule has 1 N–H and O–H groups in total. The van der Waals surface area contributed by atoms with Crippen LogP contribution < -0.4 is 5.32 Å². The Balaban J connectivity index is 1.88. The van der Waals surface area contributed by atoms with Gasteiger partial charge >= 0.3 is 0 Å². The van der Waals surface area contributed by atoms with Gasteiger partial charge in [-0.2, -0.15) is 4.98 Å². The summed E-state index contributed by atoms with van der Waals surface area (Å²) >= 11 is 0. The van der Waals surface area contributed by atoms with Crippen LogP contribution in [0, 0.1) is 13.8 Å². The van der Waals surface area contributed by atoms with Crippen molar-refractivity contribution in [3.05, 3.63) is 46.6 Å². The van der Waals surface area contributed by atoms with Crippen LogP contribution in [0.4, 0.5) is 0 Å². The molecule has 0 aliphatic rings. The Kier molecular flexibility index (Phi) is 5.51. The van der Waals surface area contributed by atoms with Crippen molar-refractivity contribution in [3.63, 3.8) is 0 Å². The first kappa shape index (κ1) is 15.7. The Morgan fingerprint density at radius 3 is 2.52 bits per heavy atom. The second-order valence-corrected chi connectivity index (χ2v) is 5.99. The molecule has 114 valence electrons. The van der Waals surface area contributed by atoms with E-state index in [1.807, 2.05) is 0 Å². The van der Waals surface area contributed by atoms with Gasteiger partial charge < -0.3 is 9.84 Å². The summed E-state index contributed by atoms with van der Waals surface area (Å²) in [5, 5.41) is 7.46. The second-order valence-electron chi connectivity index (χ2n) is 5.99. The van der Waals surface area contributed by atoms with E-state index in [4.69, 9.17) is 4.52 Å². The van der Waals surface area contributed by atoms with Crippen molar-refractivity contribution in [2.45, 2.75) is 53.0 Å². The Morgan fingerprint density at radius 1 is 1.14 bits per heavy atom. The lowest BCUT2D eigenvalue weighted by Crippen LogP contribution is -2.23. The van der Waals surface area contributed by atoms with Crippen LogP contribution in [-0.2, 0) is 12.8 Å². The minimum atomic E-state index is 0.521. The topological polar surface area (TPSA) is 51.0 Å². The molecule has 0 radical (unpaired) electrons. The van der Waals surface area contributed by atoms with Gasteiger partial charge in [0.1, 0.15) is 0 Å². The first-order valence-electron chi connectivity index (χ1n) is 7.65. The third-order valence-corrected chi connectivity index (χ3v) is 3.27. The molecule has 1 aromatic heterocycles. The zero-order valence-corrected chi connectivity index (χ0v) is 13.4. The Hall–Kier alpha value is -1.68. The minimum Gasteiger partial charge on any atom is -0.339 e. The smallest absolute Gasteiger partial charge is 0.226 e. The third kappa shape index (κ3) is 5.31. The fourth-order valence-electron chi connectivity index (χ4n) is 2.45. The van der Waals surface area contributed by atoms with Crippen LogP contribution >= 0.6 is 0 Å². The molecule has 0 spiro atoms. The largest absolute Gasteiger partial charge is 0.339 e. The summed E-state index contributed by atoms with van der Waals surface area (Å²) < 4.78 is 5.32. The predicted molar refractivity (Wildman–Crippen MR) is 84.5 cm³/mol. The van der Waals surface area contributed by atoms with Gasteiger partial charge in [0, 0.05) is 18.9 Å². The van der Waals surface area contributed by atoms with E-state index in [9.17, 15) is 0 Å². The van der Waals surface area contributed by atoms with Crippen molar-refractivity contribution >= 4 is 0 Å². The summed E-state index contributed by atoms with van der Waals surface area (Å²) in [7, 11) is 0. The van der Waals surface area contributed by atoms with E-state index >= 15 is 0 Å².